The van der Waals surface area contributed by atoms with Gasteiger partial charge in [-0.25, -0.2) is 9.78 Å². The highest BCUT2D eigenvalue weighted by Crippen LogP contribution is 2.26. The van der Waals surface area contributed by atoms with E-state index in [0.29, 0.717) is 6.04 Å². The molecule has 8 heteroatoms. The molecule has 0 bridgehead atoms. The van der Waals surface area contributed by atoms with E-state index >= 15 is 0 Å². The Hall–Kier alpha value is -1.93. The second-order valence-corrected chi connectivity index (χ2v) is 7.30. The van der Waals surface area contributed by atoms with Crippen LogP contribution < -0.4 is 4.90 Å². The van der Waals surface area contributed by atoms with Crippen molar-refractivity contribution >= 4 is 23.1 Å². The first-order valence-electron chi connectivity index (χ1n) is 7.80. The fourth-order valence-corrected chi connectivity index (χ4v) is 3.71. The van der Waals surface area contributed by atoms with Crippen molar-refractivity contribution in [3.63, 3.8) is 0 Å². The fraction of sp³-hybridized carbons (Fsp3) is 0.533. The number of nitrogens with zero attached hydrogens (tertiary/aromatic N) is 6. The van der Waals surface area contributed by atoms with Gasteiger partial charge in [0.1, 0.15) is 0 Å². The molecule has 4 heterocycles. The van der Waals surface area contributed by atoms with Crippen LogP contribution in [0.3, 0.4) is 0 Å². The molecule has 122 valence electrons. The van der Waals surface area contributed by atoms with Crippen LogP contribution in [-0.2, 0) is 6.54 Å². The minimum absolute atomic E-state index is 0.0543. The minimum Gasteiger partial charge on any atom is -0.326 e. The first kappa shape index (κ1) is 14.6. The van der Waals surface area contributed by atoms with E-state index < -0.39 is 0 Å². The van der Waals surface area contributed by atoms with Crippen LogP contribution in [0.4, 0.5) is 10.5 Å². The van der Waals surface area contributed by atoms with E-state index in [4.69, 9.17) is 0 Å². The number of urea groups is 1. The van der Waals surface area contributed by atoms with Crippen LogP contribution in [0.1, 0.15) is 16.7 Å². The number of carbonyl (C=O) groups excluding carboxylic acids is 1. The summed E-state index contributed by atoms with van der Waals surface area (Å²) in [5, 5.41) is 7.70. The zero-order valence-corrected chi connectivity index (χ0v) is 14.2. The lowest BCUT2D eigenvalue weighted by Gasteiger charge is -2.38. The van der Waals surface area contributed by atoms with Gasteiger partial charge < -0.3 is 4.90 Å². The Balaban J connectivity index is 1.35. The van der Waals surface area contributed by atoms with Crippen molar-refractivity contribution < 1.29 is 4.79 Å². The Morgan fingerprint density at radius 1 is 1.35 bits per heavy atom. The van der Waals surface area contributed by atoms with Gasteiger partial charge in [-0.15, -0.1) is 11.3 Å². The van der Waals surface area contributed by atoms with Gasteiger partial charge >= 0.3 is 6.03 Å². The Kier molecular flexibility index (Phi) is 3.57. The highest BCUT2D eigenvalue weighted by atomic mass is 32.1. The number of hydrogen-bond acceptors (Lipinski definition) is 5. The third-order valence-corrected chi connectivity index (χ3v) is 5.30. The van der Waals surface area contributed by atoms with E-state index in [9.17, 15) is 4.79 Å². The van der Waals surface area contributed by atoms with Crippen LogP contribution in [0.25, 0.3) is 0 Å². The van der Waals surface area contributed by atoms with E-state index in [1.165, 1.54) is 0 Å². The molecule has 4 rings (SSSR count). The summed E-state index contributed by atoms with van der Waals surface area (Å²) >= 11 is 1.70. The van der Waals surface area contributed by atoms with Crippen molar-refractivity contribution in [3.05, 3.63) is 28.5 Å². The summed E-state index contributed by atoms with van der Waals surface area (Å²) in [6.07, 6.45) is 3.79. The van der Waals surface area contributed by atoms with Gasteiger partial charge in [0.15, 0.2) is 0 Å². The Bertz CT molecular complexity index is 719. The number of anilines is 1. The highest BCUT2D eigenvalue weighted by Gasteiger charge is 2.31. The molecule has 0 radical (unpaired) electrons. The predicted molar refractivity (Wildman–Crippen MR) is 88.8 cm³/mol. The molecule has 2 saturated heterocycles. The van der Waals surface area contributed by atoms with Crippen molar-refractivity contribution in [2.75, 3.05) is 38.1 Å². The second kappa shape index (κ2) is 5.61. The van der Waals surface area contributed by atoms with E-state index in [1.54, 1.807) is 27.3 Å². The summed E-state index contributed by atoms with van der Waals surface area (Å²) in [6, 6.07) is 0.442. The summed E-state index contributed by atoms with van der Waals surface area (Å²) in [5.74, 6) is 0. The monoisotopic (exact) mass is 332 g/mol. The van der Waals surface area contributed by atoms with Crippen molar-refractivity contribution in [3.8, 4) is 0 Å². The number of thiazole rings is 1. The van der Waals surface area contributed by atoms with Gasteiger partial charge in [0.05, 0.1) is 28.6 Å². The molecule has 2 aliphatic heterocycles. The van der Waals surface area contributed by atoms with Gasteiger partial charge in [-0.3, -0.25) is 14.5 Å². The van der Waals surface area contributed by atoms with Crippen molar-refractivity contribution in [1.82, 2.24) is 24.6 Å². The third-order valence-electron chi connectivity index (χ3n) is 4.48. The van der Waals surface area contributed by atoms with Gasteiger partial charge in [0.2, 0.25) is 0 Å². The summed E-state index contributed by atoms with van der Waals surface area (Å²) in [6.45, 7) is 6.41. The molecule has 0 aromatic carbocycles. The maximum Gasteiger partial charge on any atom is 0.324 e. The molecule has 23 heavy (non-hydrogen) atoms. The van der Waals surface area contributed by atoms with Crippen LogP contribution in [0.15, 0.2) is 17.8 Å². The maximum absolute atomic E-state index is 12.0. The lowest BCUT2D eigenvalue weighted by Crippen LogP contribution is -2.47. The Morgan fingerprint density at radius 2 is 2.17 bits per heavy atom. The molecule has 2 aromatic heterocycles. The number of carbonyl (C=O) groups is 1. The van der Waals surface area contributed by atoms with Gasteiger partial charge in [0, 0.05) is 51.3 Å². The molecule has 2 amide bonds. The average molecular weight is 332 g/mol. The number of likely N-dealkylation sites (N-methyl/N-ethyl adjacent to an activating group) is 1. The Morgan fingerprint density at radius 3 is 2.83 bits per heavy atom. The van der Waals surface area contributed by atoms with Gasteiger partial charge in [-0.1, -0.05) is 0 Å². The number of rotatable bonds is 4. The minimum atomic E-state index is 0.0543. The topological polar surface area (TPSA) is 57.5 Å². The first-order valence-corrected chi connectivity index (χ1v) is 8.68. The lowest BCUT2D eigenvalue weighted by molar-refractivity contribution is 0.0897. The van der Waals surface area contributed by atoms with Gasteiger partial charge in [-0.2, -0.15) is 5.10 Å². The number of aryl methyl sites for hydroxylation is 1. The smallest absolute Gasteiger partial charge is 0.324 e. The molecule has 7 nitrogen and oxygen atoms in total. The predicted octanol–water partition coefficient (Wildman–Crippen LogP) is 1.58. The highest BCUT2D eigenvalue weighted by molar-refractivity contribution is 7.09. The van der Waals surface area contributed by atoms with Crippen LogP contribution >= 0.6 is 11.3 Å². The second-order valence-electron chi connectivity index (χ2n) is 6.24. The first-order chi connectivity index (χ1) is 11.1. The zero-order chi connectivity index (χ0) is 16.0. The van der Waals surface area contributed by atoms with E-state index in [-0.39, 0.29) is 6.03 Å². The van der Waals surface area contributed by atoms with Crippen LogP contribution in [0.5, 0.6) is 0 Å². The molecular formula is C15H20N6OS. The largest absolute Gasteiger partial charge is 0.326 e. The van der Waals surface area contributed by atoms with E-state index in [1.807, 2.05) is 24.9 Å². The molecule has 0 aliphatic carbocycles. The number of amides is 2. The standard InChI is InChI=1S/C15H20N6OS/c1-11-17-12(10-23-11)6-19-7-14(8-19)21-9-13(5-16-21)20-4-3-18(2)15(20)22/h5,9-10,14H,3-4,6-8H2,1-2H3. The molecule has 0 unspecified atom stereocenters. The zero-order valence-electron chi connectivity index (χ0n) is 13.3. The third kappa shape index (κ3) is 2.72. The molecule has 0 spiro atoms. The summed E-state index contributed by atoms with van der Waals surface area (Å²) in [4.78, 5) is 22.4. The van der Waals surface area contributed by atoms with Crippen molar-refractivity contribution in [2.45, 2.75) is 19.5 Å². The molecule has 2 aliphatic rings. The summed E-state index contributed by atoms with van der Waals surface area (Å²) in [7, 11) is 1.83. The SMILES string of the molecule is Cc1nc(CN2CC(n3cc(N4CCN(C)C4=O)cn3)C2)cs1. The molecular weight excluding hydrogens is 312 g/mol. The molecule has 2 fully saturated rings. The molecule has 0 atom stereocenters. The van der Waals surface area contributed by atoms with Crippen LogP contribution in [0, 0.1) is 6.92 Å². The lowest BCUT2D eigenvalue weighted by atomic mass is 10.1. The van der Waals surface area contributed by atoms with E-state index in [0.717, 1.165) is 49.1 Å². The van der Waals surface area contributed by atoms with Crippen molar-refractivity contribution in [2.24, 2.45) is 0 Å². The normalized spacial score (nSPS) is 19.7. The quantitative estimate of drug-likeness (QED) is 0.853. The molecule has 2 aromatic rings. The van der Waals surface area contributed by atoms with Crippen LogP contribution in [0.2, 0.25) is 0 Å². The number of aromatic nitrogens is 3. The maximum atomic E-state index is 12.0. The van der Waals surface area contributed by atoms with Crippen LogP contribution in [-0.4, -0.2) is 63.8 Å². The summed E-state index contributed by atoms with van der Waals surface area (Å²) in [5.41, 5.74) is 2.05. The summed E-state index contributed by atoms with van der Waals surface area (Å²) < 4.78 is 1.99. The Labute approximate surface area is 139 Å². The number of likely N-dealkylation sites (tertiary alicyclic amines) is 1. The average Bonchev–Trinajstić information content (AvgIpc) is 3.17. The van der Waals surface area contributed by atoms with E-state index in [2.05, 4.69) is 20.4 Å². The van der Waals surface area contributed by atoms with Gasteiger partial charge in [0.25, 0.3) is 0 Å². The van der Waals surface area contributed by atoms with Crippen molar-refractivity contribution in [1.29, 1.82) is 0 Å². The van der Waals surface area contributed by atoms with Gasteiger partial charge in [-0.05, 0) is 6.92 Å². The fourth-order valence-electron chi connectivity index (χ4n) is 3.10. The molecule has 0 N–H and O–H groups in total. The number of hydrogen-bond donors (Lipinski definition) is 0. The molecule has 0 saturated carbocycles.